The fraction of sp³-hybridized carbons (Fsp3) is 0.600. The second kappa shape index (κ2) is 7.58. The fourth-order valence-corrected chi connectivity index (χ4v) is 2.18. The quantitative estimate of drug-likeness (QED) is 0.263. The molecule has 0 aromatic carbocycles. The molecule has 0 amide bonds. The smallest absolute Gasteiger partial charge is 0.231 e. The third-order valence-electron chi connectivity index (χ3n) is 2.67. The molecule has 1 N–H and O–H groups in total. The molecule has 0 aliphatic heterocycles. The van der Waals surface area contributed by atoms with Crippen LogP contribution in [-0.2, 0) is 7.05 Å². The van der Waals surface area contributed by atoms with Gasteiger partial charge in [-0.1, -0.05) is 23.8 Å². The van der Waals surface area contributed by atoms with Gasteiger partial charge >= 0.3 is 0 Å². The molecule has 1 rings (SSSR count). The van der Waals surface area contributed by atoms with Crippen LogP contribution in [0.2, 0.25) is 0 Å². The minimum atomic E-state index is -0.807. The van der Waals surface area contributed by atoms with Gasteiger partial charge in [-0.05, 0) is 22.9 Å². The number of nitrogens with zero attached hydrogens (tertiary/aromatic N) is 6. The van der Waals surface area contributed by atoms with Gasteiger partial charge < -0.3 is 5.21 Å². The molecule has 0 aliphatic rings. The lowest BCUT2D eigenvalue weighted by atomic mass is 10.1. The van der Waals surface area contributed by atoms with Crippen molar-refractivity contribution in [2.75, 3.05) is 5.75 Å². The highest BCUT2D eigenvalue weighted by Crippen LogP contribution is 2.15. The molecule has 0 saturated carbocycles. The van der Waals surface area contributed by atoms with Crippen LogP contribution in [0.15, 0.2) is 22.0 Å². The van der Waals surface area contributed by atoms with Gasteiger partial charge in [-0.15, -0.1) is 5.10 Å². The first-order valence-electron chi connectivity index (χ1n) is 5.89. The summed E-state index contributed by atoms with van der Waals surface area (Å²) in [5.41, 5.74) is 0.933. The number of tetrazole rings is 1. The lowest BCUT2D eigenvalue weighted by Gasteiger charge is -2.07. The van der Waals surface area contributed by atoms with Crippen molar-refractivity contribution in [2.24, 2.45) is 12.2 Å². The number of hydrogen-bond donors (Lipinski definition) is 1. The monoisotopic (exact) mass is 300 g/mol. The Morgan fingerprint density at radius 3 is 2.85 bits per heavy atom. The molecule has 0 aliphatic carbocycles. The van der Waals surface area contributed by atoms with Crippen LogP contribution < -0.4 is 0 Å². The molecule has 1 heterocycles. The molecule has 10 heteroatoms. The first-order chi connectivity index (χ1) is 9.49. The Morgan fingerprint density at radius 2 is 2.40 bits per heavy atom. The Balaban J connectivity index is 2.76. The Kier molecular flexibility index (Phi) is 6.10. The summed E-state index contributed by atoms with van der Waals surface area (Å²) in [6.07, 6.45) is 2.06. The van der Waals surface area contributed by atoms with Crippen LogP contribution in [0.25, 0.3) is 0 Å². The van der Waals surface area contributed by atoms with Crippen molar-refractivity contribution in [1.82, 2.24) is 20.2 Å². The molecular weight excluding hydrogens is 284 g/mol. The summed E-state index contributed by atoms with van der Waals surface area (Å²) in [6, 6.07) is -0.807. The lowest BCUT2D eigenvalue weighted by molar-refractivity contribution is -0.507. The molecule has 0 bridgehead atoms. The van der Waals surface area contributed by atoms with E-state index >= 15 is 0 Å². The fourth-order valence-electron chi connectivity index (χ4n) is 1.45. The minimum Gasteiger partial charge on any atom is -0.411 e. The highest BCUT2D eigenvalue weighted by molar-refractivity contribution is 7.99. The van der Waals surface area contributed by atoms with Gasteiger partial charge in [-0.3, -0.25) is 10.1 Å². The van der Waals surface area contributed by atoms with Crippen molar-refractivity contribution in [3.05, 3.63) is 21.8 Å². The largest absolute Gasteiger partial charge is 0.411 e. The van der Waals surface area contributed by atoms with Gasteiger partial charge in [0.15, 0.2) is 0 Å². The molecule has 1 unspecified atom stereocenters. The zero-order chi connectivity index (χ0) is 15.1. The normalized spacial score (nSPS) is 14.3. The molecule has 0 radical (unpaired) electrons. The topological polar surface area (TPSA) is 119 Å². The van der Waals surface area contributed by atoms with E-state index in [1.807, 2.05) is 6.92 Å². The molecule has 1 aromatic rings. The number of aromatic nitrogens is 4. The van der Waals surface area contributed by atoms with E-state index in [2.05, 4.69) is 20.7 Å². The van der Waals surface area contributed by atoms with E-state index in [0.29, 0.717) is 28.6 Å². The van der Waals surface area contributed by atoms with E-state index in [4.69, 9.17) is 5.21 Å². The van der Waals surface area contributed by atoms with Crippen molar-refractivity contribution < 1.29 is 10.1 Å². The van der Waals surface area contributed by atoms with Gasteiger partial charge in [-0.2, -0.15) is 0 Å². The van der Waals surface area contributed by atoms with Crippen LogP contribution in [0.5, 0.6) is 0 Å². The maximum absolute atomic E-state index is 10.8. The summed E-state index contributed by atoms with van der Waals surface area (Å²) in [6.45, 7) is 3.32. The van der Waals surface area contributed by atoms with Crippen LogP contribution in [0.3, 0.4) is 0 Å². The van der Waals surface area contributed by atoms with Crippen LogP contribution in [0.4, 0.5) is 0 Å². The number of oxime groups is 1. The van der Waals surface area contributed by atoms with Crippen LogP contribution in [0, 0.1) is 10.1 Å². The van der Waals surface area contributed by atoms with Crippen LogP contribution >= 0.6 is 11.8 Å². The number of allylic oxidation sites excluding steroid dienone is 1. The average Bonchev–Trinajstić information content (AvgIpc) is 2.84. The van der Waals surface area contributed by atoms with E-state index in [1.54, 1.807) is 13.1 Å². The molecule has 9 nitrogen and oxygen atoms in total. The summed E-state index contributed by atoms with van der Waals surface area (Å²) < 4.78 is 1.49. The highest BCUT2D eigenvalue weighted by Gasteiger charge is 2.18. The predicted octanol–water partition coefficient (Wildman–Crippen LogP) is 1.13. The van der Waals surface area contributed by atoms with E-state index < -0.39 is 6.04 Å². The first kappa shape index (κ1) is 16.1. The number of nitro groups is 1. The van der Waals surface area contributed by atoms with E-state index in [9.17, 15) is 10.1 Å². The summed E-state index contributed by atoms with van der Waals surface area (Å²) in [5, 5.41) is 34.5. The molecule has 20 heavy (non-hydrogen) atoms. The lowest BCUT2D eigenvalue weighted by Crippen LogP contribution is -2.18. The van der Waals surface area contributed by atoms with Crippen molar-refractivity contribution in [1.29, 1.82) is 0 Å². The molecule has 1 aromatic heterocycles. The Bertz CT molecular complexity index is 527. The molecule has 110 valence electrons. The number of hydrogen-bond acceptors (Lipinski definition) is 8. The maximum atomic E-state index is 10.8. The van der Waals surface area contributed by atoms with Crippen molar-refractivity contribution in [2.45, 2.75) is 31.5 Å². The van der Waals surface area contributed by atoms with Gasteiger partial charge in [0.2, 0.25) is 11.2 Å². The molecular formula is C10H16N6O3S. The summed E-state index contributed by atoms with van der Waals surface area (Å²) in [7, 11) is 1.69. The van der Waals surface area contributed by atoms with E-state index in [1.165, 1.54) is 23.4 Å². The molecule has 0 spiro atoms. The highest BCUT2D eigenvalue weighted by atomic mass is 32.2. The summed E-state index contributed by atoms with van der Waals surface area (Å²) in [5.74, 6) is 0.318. The third-order valence-corrected chi connectivity index (χ3v) is 3.72. The second-order valence-electron chi connectivity index (χ2n) is 4.00. The summed E-state index contributed by atoms with van der Waals surface area (Å²) in [4.78, 5) is 10.4. The van der Waals surface area contributed by atoms with Gasteiger partial charge in [0.05, 0.1) is 5.71 Å². The molecule has 0 saturated heterocycles. The Hall–Kier alpha value is -1.97. The van der Waals surface area contributed by atoms with Gasteiger partial charge in [0.25, 0.3) is 0 Å². The molecule has 1 atom stereocenters. The maximum Gasteiger partial charge on any atom is 0.231 e. The van der Waals surface area contributed by atoms with Crippen molar-refractivity contribution >= 4 is 17.5 Å². The number of rotatable bonds is 7. The standard InChI is InChI=1S/C10H16N6O3S/c1-4-8(7(2)16(18)19)5-9(12-17)6-20-10-11-13-14-15(10)3/h5,7,17H,4,6H2,1-3H3/b8-5+,12-9+. The van der Waals surface area contributed by atoms with Gasteiger partial charge in [0, 0.05) is 30.2 Å². The zero-order valence-electron chi connectivity index (χ0n) is 11.4. The average molecular weight is 300 g/mol. The zero-order valence-corrected chi connectivity index (χ0v) is 12.2. The Morgan fingerprint density at radius 1 is 1.70 bits per heavy atom. The number of thioether (sulfide) groups is 1. The van der Waals surface area contributed by atoms with Crippen LogP contribution in [-0.4, -0.2) is 47.8 Å². The second-order valence-corrected chi connectivity index (χ2v) is 4.94. The van der Waals surface area contributed by atoms with Crippen LogP contribution in [0.1, 0.15) is 20.3 Å². The van der Waals surface area contributed by atoms with Gasteiger partial charge in [0.1, 0.15) is 0 Å². The predicted molar refractivity (Wildman–Crippen MR) is 73.6 cm³/mol. The number of aryl methyl sites for hydroxylation is 1. The minimum absolute atomic E-state index is 0.318. The third kappa shape index (κ3) is 4.30. The SMILES string of the molecule is CC/C(=C\C(CSc1nnnn1C)=N/O)C(C)[N+](=O)[O-]. The first-order valence-corrected chi connectivity index (χ1v) is 6.88. The van der Waals surface area contributed by atoms with E-state index in [-0.39, 0.29) is 4.92 Å². The molecule has 0 fully saturated rings. The summed E-state index contributed by atoms with van der Waals surface area (Å²) >= 11 is 1.28. The van der Waals surface area contributed by atoms with Crippen molar-refractivity contribution in [3.63, 3.8) is 0 Å². The van der Waals surface area contributed by atoms with E-state index in [0.717, 1.165) is 0 Å². The Labute approximate surface area is 119 Å². The van der Waals surface area contributed by atoms with Gasteiger partial charge in [-0.25, -0.2) is 4.68 Å². The van der Waals surface area contributed by atoms with Crippen molar-refractivity contribution in [3.8, 4) is 0 Å².